The third-order valence-electron chi connectivity index (χ3n) is 2.86. The molecular formula is C12H25N3. The number of guanidine groups is 1. The minimum absolute atomic E-state index is 0.0723. The molecule has 0 aliphatic heterocycles. The van der Waals surface area contributed by atoms with Crippen molar-refractivity contribution in [3.05, 3.63) is 0 Å². The van der Waals surface area contributed by atoms with Gasteiger partial charge in [0, 0.05) is 13.1 Å². The van der Waals surface area contributed by atoms with Crippen LogP contribution < -0.4 is 5.73 Å². The van der Waals surface area contributed by atoms with E-state index in [1.165, 1.54) is 19.3 Å². The fourth-order valence-corrected chi connectivity index (χ4v) is 1.79. The number of hydrogen-bond acceptors (Lipinski definition) is 1. The van der Waals surface area contributed by atoms with Crippen molar-refractivity contribution in [1.82, 2.24) is 4.90 Å². The Kier molecular flexibility index (Phi) is 4.00. The van der Waals surface area contributed by atoms with Crippen molar-refractivity contribution in [2.45, 2.75) is 52.5 Å². The van der Waals surface area contributed by atoms with E-state index in [1.807, 2.05) is 0 Å². The van der Waals surface area contributed by atoms with Gasteiger partial charge in [0.2, 0.25) is 0 Å². The Morgan fingerprint density at radius 3 is 2.33 bits per heavy atom. The molecule has 15 heavy (non-hydrogen) atoms. The van der Waals surface area contributed by atoms with Crippen LogP contribution >= 0.6 is 0 Å². The number of rotatable bonds is 3. The molecule has 3 heteroatoms. The molecule has 2 N–H and O–H groups in total. The van der Waals surface area contributed by atoms with E-state index in [1.54, 1.807) is 0 Å². The maximum Gasteiger partial charge on any atom is 0.191 e. The van der Waals surface area contributed by atoms with Crippen molar-refractivity contribution >= 4 is 5.96 Å². The van der Waals surface area contributed by atoms with E-state index in [9.17, 15) is 0 Å². The van der Waals surface area contributed by atoms with Crippen LogP contribution in [0.1, 0.15) is 47.0 Å². The highest BCUT2D eigenvalue weighted by Crippen LogP contribution is 2.27. The molecule has 0 spiro atoms. The maximum absolute atomic E-state index is 6.02. The van der Waals surface area contributed by atoms with Gasteiger partial charge in [-0.2, -0.15) is 0 Å². The van der Waals surface area contributed by atoms with E-state index in [-0.39, 0.29) is 5.54 Å². The summed E-state index contributed by atoms with van der Waals surface area (Å²) in [6, 6.07) is 0. The van der Waals surface area contributed by atoms with E-state index in [0.717, 1.165) is 19.0 Å². The summed E-state index contributed by atoms with van der Waals surface area (Å²) >= 11 is 0. The Hall–Kier alpha value is -0.730. The molecule has 0 radical (unpaired) electrons. The Balaban J connectivity index is 2.52. The van der Waals surface area contributed by atoms with Gasteiger partial charge < -0.3 is 10.6 Å². The van der Waals surface area contributed by atoms with Crippen LogP contribution in [0.15, 0.2) is 4.99 Å². The number of nitrogens with zero attached hydrogens (tertiary/aromatic N) is 2. The van der Waals surface area contributed by atoms with Crippen LogP contribution in [0.4, 0.5) is 0 Å². The standard InChI is InChI=1S/C12H25N3/c1-5-15(9-10-7-6-8-10)11(13)14-12(2,3)4/h10H,5-9H2,1-4H3,(H2,13,14). The maximum atomic E-state index is 6.02. The summed E-state index contributed by atoms with van der Waals surface area (Å²) in [4.78, 5) is 6.72. The molecule has 88 valence electrons. The molecule has 0 aromatic carbocycles. The second-order valence-corrected chi connectivity index (χ2v) is 5.48. The van der Waals surface area contributed by atoms with Gasteiger partial charge in [-0.25, -0.2) is 4.99 Å². The fourth-order valence-electron chi connectivity index (χ4n) is 1.79. The van der Waals surface area contributed by atoms with Crippen molar-refractivity contribution in [3.8, 4) is 0 Å². The Morgan fingerprint density at radius 2 is 2.00 bits per heavy atom. The quantitative estimate of drug-likeness (QED) is 0.574. The SMILES string of the molecule is CCN(CC1CCC1)C(N)=NC(C)(C)C. The van der Waals surface area contributed by atoms with Crippen molar-refractivity contribution in [3.63, 3.8) is 0 Å². The minimum Gasteiger partial charge on any atom is -0.370 e. The van der Waals surface area contributed by atoms with E-state index in [4.69, 9.17) is 5.73 Å². The molecule has 0 atom stereocenters. The first kappa shape index (κ1) is 12.3. The van der Waals surface area contributed by atoms with Crippen LogP contribution in [0, 0.1) is 5.92 Å². The lowest BCUT2D eigenvalue weighted by molar-refractivity contribution is 0.242. The van der Waals surface area contributed by atoms with Crippen molar-refractivity contribution in [2.24, 2.45) is 16.6 Å². The Bertz CT molecular complexity index is 224. The molecule has 1 rings (SSSR count). The smallest absolute Gasteiger partial charge is 0.191 e. The zero-order chi connectivity index (χ0) is 11.5. The summed E-state index contributed by atoms with van der Waals surface area (Å²) in [5.74, 6) is 1.55. The van der Waals surface area contributed by atoms with Crippen LogP contribution in [0.5, 0.6) is 0 Å². The van der Waals surface area contributed by atoms with Gasteiger partial charge in [0.1, 0.15) is 0 Å². The molecule has 0 bridgehead atoms. The second-order valence-electron chi connectivity index (χ2n) is 5.48. The van der Waals surface area contributed by atoms with Gasteiger partial charge in [0.05, 0.1) is 5.54 Å². The molecule has 0 aromatic heterocycles. The van der Waals surface area contributed by atoms with E-state index in [0.29, 0.717) is 5.96 Å². The van der Waals surface area contributed by atoms with E-state index < -0.39 is 0 Å². The number of hydrogen-bond donors (Lipinski definition) is 1. The summed E-state index contributed by atoms with van der Waals surface area (Å²) in [6.45, 7) is 10.4. The predicted molar refractivity (Wildman–Crippen MR) is 66.0 cm³/mol. The van der Waals surface area contributed by atoms with Crippen LogP contribution in [0.25, 0.3) is 0 Å². The van der Waals surface area contributed by atoms with Crippen molar-refractivity contribution in [2.75, 3.05) is 13.1 Å². The minimum atomic E-state index is -0.0723. The van der Waals surface area contributed by atoms with Crippen molar-refractivity contribution < 1.29 is 0 Å². The molecule has 3 nitrogen and oxygen atoms in total. The first-order chi connectivity index (χ1) is 6.92. The van der Waals surface area contributed by atoms with Gasteiger partial charge in [-0.05, 0) is 46.5 Å². The van der Waals surface area contributed by atoms with Gasteiger partial charge in [-0.1, -0.05) is 6.42 Å². The molecule has 0 heterocycles. The summed E-state index contributed by atoms with van der Waals surface area (Å²) in [5.41, 5.74) is 5.95. The topological polar surface area (TPSA) is 41.6 Å². The normalized spacial score (nSPS) is 18.8. The van der Waals surface area contributed by atoms with Crippen LogP contribution in [0.3, 0.4) is 0 Å². The van der Waals surface area contributed by atoms with E-state index >= 15 is 0 Å². The molecule has 1 fully saturated rings. The lowest BCUT2D eigenvalue weighted by Crippen LogP contribution is -2.43. The van der Waals surface area contributed by atoms with Gasteiger partial charge >= 0.3 is 0 Å². The second kappa shape index (κ2) is 4.86. The molecule has 0 amide bonds. The van der Waals surface area contributed by atoms with Crippen LogP contribution in [-0.4, -0.2) is 29.5 Å². The zero-order valence-corrected chi connectivity index (χ0v) is 10.6. The largest absolute Gasteiger partial charge is 0.370 e. The highest BCUT2D eigenvalue weighted by Gasteiger charge is 2.21. The average Bonchev–Trinajstić information content (AvgIpc) is 1.98. The highest BCUT2D eigenvalue weighted by atomic mass is 15.3. The first-order valence-corrected chi connectivity index (χ1v) is 6.02. The van der Waals surface area contributed by atoms with Crippen LogP contribution in [-0.2, 0) is 0 Å². The van der Waals surface area contributed by atoms with E-state index in [2.05, 4.69) is 37.6 Å². The molecule has 0 unspecified atom stereocenters. The van der Waals surface area contributed by atoms with Gasteiger partial charge in [0.25, 0.3) is 0 Å². The molecule has 1 saturated carbocycles. The Morgan fingerprint density at radius 1 is 1.40 bits per heavy atom. The average molecular weight is 211 g/mol. The van der Waals surface area contributed by atoms with Crippen LogP contribution in [0.2, 0.25) is 0 Å². The molecule has 1 aliphatic carbocycles. The highest BCUT2D eigenvalue weighted by molar-refractivity contribution is 5.78. The Labute approximate surface area is 93.7 Å². The molecule has 1 aliphatic rings. The predicted octanol–water partition coefficient (Wildman–Crippen LogP) is 2.22. The summed E-state index contributed by atoms with van der Waals surface area (Å²) in [6.07, 6.45) is 4.11. The number of nitrogens with two attached hydrogens (primary N) is 1. The summed E-state index contributed by atoms with van der Waals surface area (Å²) in [5, 5.41) is 0. The molecule has 0 saturated heterocycles. The van der Waals surface area contributed by atoms with Crippen molar-refractivity contribution in [1.29, 1.82) is 0 Å². The first-order valence-electron chi connectivity index (χ1n) is 6.02. The molecule has 0 aromatic rings. The monoisotopic (exact) mass is 211 g/mol. The van der Waals surface area contributed by atoms with Gasteiger partial charge in [-0.3, -0.25) is 0 Å². The van der Waals surface area contributed by atoms with Gasteiger partial charge in [0.15, 0.2) is 5.96 Å². The molecular weight excluding hydrogens is 186 g/mol. The zero-order valence-electron chi connectivity index (χ0n) is 10.6. The third-order valence-corrected chi connectivity index (χ3v) is 2.86. The third kappa shape index (κ3) is 4.10. The van der Waals surface area contributed by atoms with Gasteiger partial charge in [-0.15, -0.1) is 0 Å². The summed E-state index contributed by atoms with van der Waals surface area (Å²) < 4.78 is 0. The number of aliphatic imine (C=N–C) groups is 1. The lowest BCUT2D eigenvalue weighted by atomic mass is 9.85. The summed E-state index contributed by atoms with van der Waals surface area (Å²) in [7, 11) is 0. The lowest BCUT2D eigenvalue weighted by Gasteiger charge is -2.33. The fraction of sp³-hybridized carbons (Fsp3) is 0.917.